The highest BCUT2D eigenvalue weighted by Crippen LogP contribution is 2.68. The topological polar surface area (TPSA) is 47.9 Å². The minimum atomic E-state index is 0.0114. The molecule has 4 aliphatic carbocycles. The predicted molar refractivity (Wildman–Crippen MR) is 195 cm³/mol. The molecule has 0 atom stereocenters. The molecule has 12 rings (SSSR count). The molecule has 0 unspecified atom stereocenters. The zero-order chi connectivity index (χ0) is 32.1. The molecule has 4 fully saturated rings. The monoisotopic (exact) mass is 633 g/mol. The minimum absolute atomic E-state index is 0.0114. The van der Waals surface area contributed by atoms with E-state index < -0.39 is 0 Å². The van der Waals surface area contributed by atoms with Crippen molar-refractivity contribution in [2.24, 2.45) is 23.7 Å². The van der Waals surface area contributed by atoms with Crippen molar-refractivity contribution >= 4 is 21.5 Å². The van der Waals surface area contributed by atoms with Gasteiger partial charge in [-0.3, -0.25) is 0 Å². The molecule has 1 aliphatic heterocycles. The van der Waals surface area contributed by atoms with Crippen LogP contribution in [0.3, 0.4) is 0 Å². The summed E-state index contributed by atoms with van der Waals surface area (Å²) in [7, 11) is 0. The Morgan fingerprint density at radius 2 is 1.00 bits per heavy atom. The van der Waals surface area contributed by atoms with Crippen LogP contribution in [0, 0.1) is 23.7 Å². The Morgan fingerprint density at radius 1 is 0.469 bits per heavy atom. The highest BCUT2D eigenvalue weighted by atomic mass is 16.5. The third-order valence-corrected chi connectivity index (χ3v) is 12.4. The number of aromatic nitrogens is 3. The second-order valence-corrected chi connectivity index (χ2v) is 14.8. The normalized spacial score (nSPS) is 24.6. The van der Waals surface area contributed by atoms with Crippen molar-refractivity contribution in [1.82, 2.24) is 15.0 Å². The van der Waals surface area contributed by atoms with Crippen molar-refractivity contribution in [2.45, 2.75) is 37.5 Å². The number of hydrogen-bond acceptors (Lipinski definition) is 4. The fourth-order valence-corrected chi connectivity index (χ4v) is 10.6. The molecule has 4 saturated carbocycles. The van der Waals surface area contributed by atoms with E-state index in [1.165, 1.54) is 43.2 Å². The summed E-state index contributed by atoms with van der Waals surface area (Å²) in [5.41, 5.74) is 5.72. The number of para-hydroxylation sites is 1. The fourth-order valence-electron chi connectivity index (χ4n) is 10.6. The second kappa shape index (κ2) is 10.3. The van der Waals surface area contributed by atoms with Crippen molar-refractivity contribution in [3.8, 4) is 45.7 Å². The van der Waals surface area contributed by atoms with Gasteiger partial charge < -0.3 is 4.74 Å². The van der Waals surface area contributed by atoms with Crippen molar-refractivity contribution in [3.63, 3.8) is 0 Å². The summed E-state index contributed by atoms with van der Waals surface area (Å²) in [4.78, 5) is 15.6. The van der Waals surface area contributed by atoms with Gasteiger partial charge in [0.1, 0.15) is 11.5 Å². The highest BCUT2D eigenvalue weighted by Gasteiger charge is 2.61. The molecule has 1 aromatic heterocycles. The number of fused-ring (bicyclic) bond motifs is 4. The van der Waals surface area contributed by atoms with Gasteiger partial charge in [0.25, 0.3) is 0 Å². The maximum absolute atomic E-state index is 6.84. The molecule has 0 radical (unpaired) electrons. The first kappa shape index (κ1) is 27.6. The lowest BCUT2D eigenvalue weighted by atomic mass is 9.42. The van der Waals surface area contributed by atoms with E-state index in [0.717, 1.165) is 61.6 Å². The summed E-state index contributed by atoms with van der Waals surface area (Å²) < 4.78 is 6.84. The summed E-state index contributed by atoms with van der Waals surface area (Å²) in [6.07, 6.45) is 6.76. The number of hydrogen-bond donors (Lipinski definition) is 0. The van der Waals surface area contributed by atoms with Gasteiger partial charge in [0.2, 0.25) is 0 Å². The van der Waals surface area contributed by atoms with Crippen LogP contribution in [0.2, 0.25) is 0 Å². The lowest BCUT2D eigenvalue weighted by Gasteiger charge is -2.63. The van der Waals surface area contributed by atoms with Crippen LogP contribution in [-0.2, 0) is 5.41 Å². The maximum Gasteiger partial charge on any atom is 0.164 e. The van der Waals surface area contributed by atoms with E-state index in [-0.39, 0.29) is 5.41 Å². The van der Waals surface area contributed by atoms with Crippen LogP contribution in [0.4, 0.5) is 0 Å². The minimum Gasteiger partial charge on any atom is -0.457 e. The number of benzene rings is 6. The molecule has 1 spiro atoms. The van der Waals surface area contributed by atoms with Crippen molar-refractivity contribution in [1.29, 1.82) is 0 Å². The zero-order valence-electron chi connectivity index (χ0n) is 27.2. The third kappa shape index (κ3) is 4.01. The first-order valence-corrected chi connectivity index (χ1v) is 17.9. The van der Waals surface area contributed by atoms with Gasteiger partial charge in [-0.2, -0.15) is 0 Å². The smallest absolute Gasteiger partial charge is 0.164 e. The molecular formula is C45H35N3O. The molecule has 0 amide bonds. The molecule has 0 N–H and O–H groups in total. The Hall–Kier alpha value is -5.35. The Kier molecular flexibility index (Phi) is 5.81. The summed E-state index contributed by atoms with van der Waals surface area (Å²) in [5, 5.41) is 4.58. The SMILES string of the molecule is c1ccc2c(c1)Oc1cc(-c3nc(-c4cccc5ccccc45)nc(-c4cccc5ccccc45)n3)ccc1C21C2CC3CC(C2)CC1C3. The van der Waals surface area contributed by atoms with E-state index in [0.29, 0.717) is 29.3 Å². The number of nitrogens with zero attached hydrogens (tertiary/aromatic N) is 3. The largest absolute Gasteiger partial charge is 0.457 e. The van der Waals surface area contributed by atoms with E-state index in [1.54, 1.807) is 0 Å². The predicted octanol–water partition coefficient (Wildman–Crippen LogP) is 11.0. The van der Waals surface area contributed by atoms with Crippen LogP contribution in [0.1, 0.15) is 43.2 Å². The molecule has 49 heavy (non-hydrogen) atoms. The third-order valence-electron chi connectivity index (χ3n) is 12.4. The maximum atomic E-state index is 6.84. The summed E-state index contributed by atoms with van der Waals surface area (Å²) >= 11 is 0. The summed E-state index contributed by atoms with van der Waals surface area (Å²) in [5.74, 6) is 7.07. The fraction of sp³-hybridized carbons (Fsp3) is 0.222. The van der Waals surface area contributed by atoms with Gasteiger partial charge in [-0.25, -0.2) is 15.0 Å². The molecule has 4 nitrogen and oxygen atoms in total. The standard InChI is InChI=1S/C45H35N3O/c1-3-13-34-29(9-1)11-7-15-36(34)43-46-42(47-44(48-43)37-16-8-12-30-10-2-4-14-35(30)37)31-19-20-39-41(26-31)49-40-18-6-5-17-38(40)45(39)32-22-27-21-28(24-32)25-33(45)23-27/h1-20,26-28,32-33H,21-25H2. The van der Waals surface area contributed by atoms with Crippen LogP contribution in [-0.4, -0.2) is 15.0 Å². The molecule has 0 saturated heterocycles. The van der Waals surface area contributed by atoms with Crippen molar-refractivity contribution in [3.05, 3.63) is 139 Å². The first-order valence-electron chi connectivity index (χ1n) is 17.9. The van der Waals surface area contributed by atoms with Gasteiger partial charge in [-0.15, -0.1) is 0 Å². The average Bonchev–Trinajstić information content (AvgIpc) is 3.15. The van der Waals surface area contributed by atoms with Gasteiger partial charge in [-0.1, -0.05) is 115 Å². The molecule has 4 bridgehead atoms. The number of rotatable bonds is 3. The van der Waals surface area contributed by atoms with E-state index in [4.69, 9.17) is 19.7 Å². The van der Waals surface area contributed by atoms with Crippen LogP contribution < -0.4 is 4.74 Å². The van der Waals surface area contributed by atoms with E-state index in [1.807, 2.05) is 0 Å². The van der Waals surface area contributed by atoms with Gasteiger partial charge >= 0.3 is 0 Å². The molecule has 4 heteroatoms. The Balaban J connectivity index is 1.12. The van der Waals surface area contributed by atoms with E-state index >= 15 is 0 Å². The molecule has 236 valence electrons. The highest BCUT2D eigenvalue weighted by molar-refractivity contribution is 5.97. The lowest BCUT2D eigenvalue weighted by molar-refractivity contribution is -0.0452. The molecule has 5 aliphatic rings. The van der Waals surface area contributed by atoms with Crippen molar-refractivity contribution < 1.29 is 4.74 Å². The van der Waals surface area contributed by atoms with E-state index in [9.17, 15) is 0 Å². The van der Waals surface area contributed by atoms with Gasteiger partial charge in [-0.05, 0) is 89.5 Å². The lowest BCUT2D eigenvalue weighted by Crippen LogP contribution is -2.56. The van der Waals surface area contributed by atoms with Crippen LogP contribution in [0.5, 0.6) is 11.5 Å². The van der Waals surface area contributed by atoms with Gasteiger partial charge in [0.15, 0.2) is 17.5 Å². The Labute approximate surface area is 285 Å². The molecule has 2 heterocycles. The summed E-state index contributed by atoms with van der Waals surface area (Å²) in [6, 6.07) is 45.3. The zero-order valence-corrected chi connectivity index (χ0v) is 27.2. The van der Waals surface area contributed by atoms with Gasteiger partial charge in [0, 0.05) is 33.2 Å². The quantitative estimate of drug-likeness (QED) is 0.194. The second-order valence-electron chi connectivity index (χ2n) is 14.8. The van der Waals surface area contributed by atoms with Crippen LogP contribution in [0.25, 0.3) is 55.7 Å². The Bertz CT molecular complexity index is 2330. The molecule has 7 aromatic rings. The average molecular weight is 634 g/mol. The van der Waals surface area contributed by atoms with Crippen LogP contribution >= 0.6 is 0 Å². The van der Waals surface area contributed by atoms with Gasteiger partial charge in [0.05, 0.1) is 0 Å². The van der Waals surface area contributed by atoms with E-state index in [2.05, 4.69) is 127 Å². The molecule has 6 aromatic carbocycles. The molecular weight excluding hydrogens is 599 g/mol. The van der Waals surface area contributed by atoms with Crippen LogP contribution in [0.15, 0.2) is 127 Å². The summed E-state index contributed by atoms with van der Waals surface area (Å²) in [6.45, 7) is 0. The first-order chi connectivity index (χ1) is 24.2. The van der Waals surface area contributed by atoms with Crippen molar-refractivity contribution in [2.75, 3.05) is 0 Å². The number of ether oxygens (including phenoxy) is 1. The Morgan fingerprint density at radius 3 is 1.65 bits per heavy atom.